The second kappa shape index (κ2) is 7.67. The molecule has 0 spiro atoms. The summed E-state index contributed by atoms with van der Waals surface area (Å²) in [6.07, 6.45) is 2.21. The number of benzene rings is 1. The molecule has 1 aliphatic rings. The molecule has 0 saturated carbocycles. The topological polar surface area (TPSA) is 42.4 Å². The molecule has 1 amide bonds. The molecule has 2 heterocycles. The number of hydrogen-bond donors (Lipinski definition) is 0. The predicted molar refractivity (Wildman–Crippen MR) is 94.4 cm³/mol. The maximum Gasteiger partial charge on any atom is 0.226 e. The van der Waals surface area contributed by atoms with Crippen LogP contribution in [0.25, 0.3) is 0 Å². The minimum Gasteiger partial charge on any atom is -0.474 e. The molecule has 0 aliphatic carbocycles. The van der Waals surface area contributed by atoms with E-state index in [-0.39, 0.29) is 12.0 Å². The Morgan fingerprint density at radius 3 is 2.58 bits per heavy atom. The van der Waals surface area contributed by atoms with Crippen LogP contribution in [0.1, 0.15) is 24.1 Å². The maximum atomic E-state index is 12.4. The number of aryl methyl sites for hydroxylation is 1. The zero-order valence-electron chi connectivity index (χ0n) is 13.7. The first kappa shape index (κ1) is 16.8. The molecule has 1 aromatic heterocycles. The quantitative estimate of drug-likeness (QED) is 0.850. The van der Waals surface area contributed by atoms with Gasteiger partial charge in [0.15, 0.2) is 0 Å². The van der Waals surface area contributed by atoms with Crippen molar-refractivity contribution in [3.8, 4) is 5.88 Å². The van der Waals surface area contributed by atoms with E-state index in [2.05, 4.69) is 4.98 Å². The maximum absolute atomic E-state index is 12.4. The summed E-state index contributed by atoms with van der Waals surface area (Å²) in [5, 5.41) is 0.689. The Kier molecular flexibility index (Phi) is 5.36. The van der Waals surface area contributed by atoms with Crippen molar-refractivity contribution in [2.24, 2.45) is 0 Å². The lowest BCUT2D eigenvalue weighted by molar-refractivity contribution is -0.132. The highest BCUT2D eigenvalue weighted by Gasteiger charge is 2.24. The Labute approximate surface area is 147 Å². The van der Waals surface area contributed by atoms with E-state index in [1.165, 1.54) is 0 Å². The van der Waals surface area contributed by atoms with E-state index in [0.29, 0.717) is 17.3 Å². The van der Waals surface area contributed by atoms with E-state index in [4.69, 9.17) is 16.3 Å². The number of ether oxygens (including phenoxy) is 1. The normalized spacial score (nSPS) is 15.3. The summed E-state index contributed by atoms with van der Waals surface area (Å²) in [6, 6.07) is 13.2. The summed E-state index contributed by atoms with van der Waals surface area (Å²) < 4.78 is 5.93. The fourth-order valence-electron chi connectivity index (χ4n) is 2.87. The van der Waals surface area contributed by atoms with E-state index in [1.807, 2.05) is 54.3 Å². The molecule has 0 atom stereocenters. The number of likely N-dealkylation sites (tertiary alicyclic amines) is 1. The van der Waals surface area contributed by atoms with Gasteiger partial charge in [-0.25, -0.2) is 4.98 Å². The summed E-state index contributed by atoms with van der Waals surface area (Å²) >= 11 is 5.87. The number of rotatable bonds is 4. The van der Waals surface area contributed by atoms with Gasteiger partial charge in [0.25, 0.3) is 0 Å². The van der Waals surface area contributed by atoms with Crippen LogP contribution in [-0.2, 0) is 11.2 Å². The van der Waals surface area contributed by atoms with Gasteiger partial charge in [0, 0.05) is 42.7 Å². The van der Waals surface area contributed by atoms with Crippen molar-refractivity contribution in [3.05, 3.63) is 58.7 Å². The number of nitrogens with zero attached hydrogens (tertiary/aromatic N) is 2. The van der Waals surface area contributed by atoms with Gasteiger partial charge in [0.05, 0.1) is 6.42 Å². The van der Waals surface area contributed by atoms with Gasteiger partial charge in [-0.15, -0.1) is 0 Å². The number of carbonyl (C=O) groups is 1. The fraction of sp³-hybridized carbons (Fsp3) is 0.368. The second-order valence-electron chi connectivity index (χ2n) is 6.12. The summed E-state index contributed by atoms with van der Waals surface area (Å²) in [4.78, 5) is 18.7. The highest BCUT2D eigenvalue weighted by molar-refractivity contribution is 6.30. The van der Waals surface area contributed by atoms with Crippen LogP contribution in [0.4, 0.5) is 0 Å². The molecule has 5 heteroatoms. The molecule has 4 nitrogen and oxygen atoms in total. The van der Waals surface area contributed by atoms with Gasteiger partial charge in [-0.1, -0.05) is 29.8 Å². The number of aromatic nitrogens is 1. The van der Waals surface area contributed by atoms with Crippen molar-refractivity contribution < 1.29 is 9.53 Å². The van der Waals surface area contributed by atoms with E-state index in [0.717, 1.165) is 37.2 Å². The Hall–Kier alpha value is -2.07. The first-order chi connectivity index (χ1) is 11.6. The molecule has 0 N–H and O–H groups in total. The SMILES string of the molecule is Cc1cccc(OC2CCN(C(=O)Cc3ccc(Cl)cc3)CC2)n1. The van der Waals surface area contributed by atoms with Crippen LogP contribution in [0.5, 0.6) is 5.88 Å². The van der Waals surface area contributed by atoms with Gasteiger partial charge in [-0.2, -0.15) is 0 Å². The largest absolute Gasteiger partial charge is 0.474 e. The Morgan fingerprint density at radius 1 is 1.21 bits per heavy atom. The van der Waals surface area contributed by atoms with Gasteiger partial charge in [-0.05, 0) is 30.7 Å². The molecule has 126 valence electrons. The minimum absolute atomic E-state index is 0.124. The molecular formula is C19H21ClN2O2. The van der Waals surface area contributed by atoms with E-state index in [9.17, 15) is 4.79 Å². The van der Waals surface area contributed by atoms with Gasteiger partial charge in [0.1, 0.15) is 6.10 Å². The Bertz CT molecular complexity index is 695. The Morgan fingerprint density at radius 2 is 1.92 bits per heavy atom. The number of hydrogen-bond acceptors (Lipinski definition) is 3. The molecule has 1 saturated heterocycles. The van der Waals surface area contributed by atoms with Crippen LogP contribution in [0, 0.1) is 6.92 Å². The number of piperidine rings is 1. The van der Waals surface area contributed by atoms with Gasteiger partial charge in [0.2, 0.25) is 11.8 Å². The molecular weight excluding hydrogens is 324 g/mol. The van der Waals surface area contributed by atoms with E-state index in [1.54, 1.807) is 0 Å². The zero-order chi connectivity index (χ0) is 16.9. The van der Waals surface area contributed by atoms with Crippen LogP contribution in [0.2, 0.25) is 5.02 Å². The van der Waals surface area contributed by atoms with Crippen molar-refractivity contribution >= 4 is 17.5 Å². The minimum atomic E-state index is 0.124. The third-order valence-electron chi connectivity index (χ3n) is 4.21. The first-order valence-corrected chi connectivity index (χ1v) is 8.60. The summed E-state index contributed by atoms with van der Waals surface area (Å²) in [5.74, 6) is 0.824. The highest BCUT2D eigenvalue weighted by Crippen LogP contribution is 2.19. The highest BCUT2D eigenvalue weighted by atomic mass is 35.5. The average Bonchev–Trinajstić information content (AvgIpc) is 2.57. The van der Waals surface area contributed by atoms with Gasteiger partial charge < -0.3 is 9.64 Å². The molecule has 2 aromatic rings. The van der Waals surface area contributed by atoms with Crippen LogP contribution < -0.4 is 4.74 Å². The first-order valence-electron chi connectivity index (χ1n) is 8.23. The molecule has 3 rings (SSSR count). The monoisotopic (exact) mass is 344 g/mol. The number of pyridine rings is 1. The second-order valence-corrected chi connectivity index (χ2v) is 6.55. The average molecular weight is 345 g/mol. The van der Waals surface area contributed by atoms with Crippen molar-refractivity contribution in [3.63, 3.8) is 0 Å². The smallest absolute Gasteiger partial charge is 0.226 e. The summed E-state index contributed by atoms with van der Waals surface area (Å²) in [6.45, 7) is 3.40. The Balaban J connectivity index is 1.49. The molecule has 1 aliphatic heterocycles. The zero-order valence-corrected chi connectivity index (χ0v) is 14.5. The molecule has 0 bridgehead atoms. The van der Waals surface area contributed by atoms with Crippen molar-refractivity contribution in [2.75, 3.05) is 13.1 Å². The van der Waals surface area contributed by atoms with Crippen LogP contribution in [-0.4, -0.2) is 35.0 Å². The summed E-state index contributed by atoms with van der Waals surface area (Å²) in [5.41, 5.74) is 1.94. The molecule has 1 aromatic carbocycles. The van der Waals surface area contributed by atoms with E-state index >= 15 is 0 Å². The van der Waals surface area contributed by atoms with Crippen molar-refractivity contribution in [2.45, 2.75) is 32.3 Å². The number of amides is 1. The lowest BCUT2D eigenvalue weighted by Gasteiger charge is -2.32. The third kappa shape index (κ3) is 4.48. The van der Waals surface area contributed by atoms with E-state index < -0.39 is 0 Å². The number of carbonyl (C=O) groups excluding carboxylic acids is 1. The van der Waals surface area contributed by atoms with Crippen molar-refractivity contribution in [1.82, 2.24) is 9.88 Å². The standard InChI is InChI=1S/C19H21ClN2O2/c1-14-3-2-4-18(21-14)24-17-9-11-22(12-10-17)19(23)13-15-5-7-16(20)8-6-15/h2-8,17H,9-13H2,1H3. The molecule has 0 radical (unpaired) electrons. The lowest BCUT2D eigenvalue weighted by Crippen LogP contribution is -2.42. The van der Waals surface area contributed by atoms with Crippen molar-refractivity contribution in [1.29, 1.82) is 0 Å². The molecule has 1 fully saturated rings. The summed E-state index contributed by atoms with van der Waals surface area (Å²) in [7, 11) is 0. The number of halogens is 1. The van der Waals surface area contributed by atoms with Crippen LogP contribution in [0.15, 0.2) is 42.5 Å². The molecule has 0 unspecified atom stereocenters. The third-order valence-corrected chi connectivity index (χ3v) is 4.47. The predicted octanol–water partition coefficient (Wildman–Crippen LogP) is 3.66. The van der Waals surface area contributed by atoms with Gasteiger partial charge >= 0.3 is 0 Å². The van der Waals surface area contributed by atoms with Gasteiger partial charge in [-0.3, -0.25) is 4.79 Å². The molecule has 24 heavy (non-hydrogen) atoms. The fourth-order valence-corrected chi connectivity index (χ4v) is 2.99. The lowest BCUT2D eigenvalue weighted by atomic mass is 10.1. The van der Waals surface area contributed by atoms with Crippen LogP contribution >= 0.6 is 11.6 Å². The van der Waals surface area contributed by atoms with Crippen LogP contribution in [0.3, 0.4) is 0 Å².